The Labute approximate surface area is 165 Å². The number of nitrogens with two attached hydrogens (primary N) is 1. The number of benzene rings is 2. The van der Waals surface area contributed by atoms with Crippen molar-refractivity contribution in [2.75, 3.05) is 38.6 Å². The quantitative estimate of drug-likeness (QED) is 0.441. The van der Waals surface area contributed by atoms with Crippen LogP contribution in [0.3, 0.4) is 0 Å². The molecule has 0 bridgehead atoms. The summed E-state index contributed by atoms with van der Waals surface area (Å²) in [6.45, 7) is 2.23. The number of nitrogens with zero attached hydrogens (tertiary/aromatic N) is 1. The number of carbonyl (C=O) groups is 1. The van der Waals surface area contributed by atoms with Gasteiger partial charge in [-0.2, -0.15) is 0 Å². The van der Waals surface area contributed by atoms with Crippen molar-refractivity contribution in [3.05, 3.63) is 47.0 Å². The molecule has 148 valence electrons. The number of ether oxygens (including phenoxy) is 3. The third-order valence-corrected chi connectivity index (χ3v) is 4.64. The first kappa shape index (κ1) is 19.6. The number of fused-ring (bicyclic) bond motifs is 1. The predicted molar refractivity (Wildman–Crippen MR) is 112 cm³/mol. The topological polar surface area (TPSA) is 74.0 Å². The summed E-state index contributed by atoms with van der Waals surface area (Å²) in [6.07, 6.45) is 3.37. The Bertz CT molecular complexity index is 919. The van der Waals surface area contributed by atoms with Crippen LogP contribution < -0.4 is 24.8 Å². The van der Waals surface area contributed by atoms with Crippen molar-refractivity contribution >= 4 is 23.2 Å². The molecule has 2 aromatic carbocycles. The molecule has 2 aromatic rings. The summed E-state index contributed by atoms with van der Waals surface area (Å²) in [7, 11) is 5.40. The molecule has 0 radical (unpaired) electrons. The molecule has 0 amide bonds. The summed E-state index contributed by atoms with van der Waals surface area (Å²) in [6, 6.07) is 9.00. The first-order valence-corrected chi connectivity index (χ1v) is 9.24. The second-order valence-electron chi connectivity index (χ2n) is 6.86. The van der Waals surface area contributed by atoms with Crippen LogP contribution in [0, 0.1) is 0 Å². The minimum atomic E-state index is -0.0235. The fourth-order valence-electron chi connectivity index (χ4n) is 3.19. The van der Waals surface area contributed by atoms with E-state index in [0.717, 1.165) is 17.7 Å². The van der Waals surface area contributed by atoms with Gasteiger partial charge in [0, 0.05) is 36.9 Å². The highest BCUT2D eigenvalue weighted by molar-refractivity contribution is 6.12. The van der Waals surface area contributed by atoms with Gasteiger partial charge in [0.15, 0.2) is 17.3 Å². The van der Waals surface area contributed by atoms with Crippen molar-refractivity contribution in [1.82, 2.24) is 0 Å². The summed E-state index contributed by atoms with van der Waals surface area (Å²) in [5, 5.41) is 0. The molecule has 2 N–H and O–H groups in total. The molecule has 0 aliphatic carbocycles. The number of carbonyl (C=O) groups excluding carboxylic acids is 1. The number of allylic oxidation sites excluding steroid dienone is 1. The molecule has 0 aromatic heterocycles. The van der Waals surface area contributed by atoms with E-state index in [9.17, 15) is 4.79 Å². The molecule has 1 heterocycles. The van der Waals surface area contributed by atoms with Gasteiger partial charge in [-0.25, -0.2) is 0 Å². The Hall–Kier alpha value is -3.15. The van der Waals surface area contributed by atoms with E-state index < -0.39 is 0 Å². The van der Waals surface area contributed by atoms with Crippen LogP contribution in [-0.4, -0.2) is 33.8 Å². The predicted octanol–water partition coefficient (Wildman–Crippen LogP) is 4.14. The van der Waals surface area contributed by atoms with E-state index in [1.54, 1.807) is 25.3 Å². The van der Waals surface area contributed by atoms with E-state index in [1.807, 2.05) is 44.1 Å². The maximum atomic E-state index is 13.2. The van der Waals surface area contributed by atoms with Crippen molar-refractivity contribution < 1.29 is 19.0 Å². The second kappa shape index (κ2) is 8.25. The first-order chi connectivity index (χ1) is 13.4. The van der Waals surface area contributed by atoms with Gasteiger partial charge in [-0.1, -0.05) is 13.3 Å². The highest BCUT2D eigenvalue weighted by Gasteiger charge is 2.19. The molecule has 1 aliphatic heterocycles. The lowest BCUT2D eigenvalue weighted by atomic mass is 9.96. The zero-order valence-electron chi connectivity index (χ0n) is 16.7. The molecular weight excluding hydrogens is 356 g/mol. The van der Waals surface area contributed by atoms with Crippen molar-refractivity contribution in [3.63, 3.8) is 0 Å². The average molecular weight is 382 g/mol. The number of Topliss-reactive ketones (excluding diaryl/α,β-unsaturated/α-hetero) is 1. The smallest absolute Gasteiger partial charge is 0.231 e. The molecule has 0 saturated heterocycles. The van der Waals surface area contributed by atoms with E-state index in [0.29, 0.717) is 40.5 Å². The Balaban J connectivity index is 2.02. The van der Waals surface area contributed by atoms with Crippen LogP contribution in [0.4, 0.5) is 11.4 Å². The molecule has 0 unspecified atom stereocenters. The summed E-state index contributed by atoms with van der Waals surface area (Å²) >= 11 is 0. The van der Waals surface area contributed by atoms with Gasteiger partial charge in [0.2, 0.25) is 6.79 Å². The number of nitrogen functional groups attached to an aromatic ring is 1. The van der Waals surface area contributed by atoms with Gasteiger partial charge in [0.25, 0.3) is 0 Å². The molecule has 0 atom stereocenters. The van der Waals surface area contributed by atoms with Crippen molar-refractivity contribution in [3.8, 4) is 17.2 Å². The maximum Gasteiger partial charge on any atom is 0.231 e. The fourth-order valence-corrected chi connectivity index (χ4v) is 3.19. The minimum absolute atomic E-state index is 0.0235. The molecular formula is C22H26N2O4. The van der Waals surface area contributed by atoms with E-state index in [2.05, 4.69) is 0 Å². The van der Waals surface area contributed by atoms with Gasteiger partial charge in [-0.15, -0.1) is 0 Å². The molecule has 0 saturated carbocycles. The average Bonchev–Trinajstić information content (AvgIpc) is 3.13. The standard InChI is InChI=1S/C22H26N2O4/c1-5-6-14(22(25)15-7-8-17(23)18(10-15)24(2)3)9-16-11-20-21(28-13-27-20)12-19(16)26-4/h7-12H,5-6,13,23H2,1-4H3. The molecule has 28 heavy (non-hydrogen) atoms. The fraction of sp³-hybridized carbons (Fsp3) is 0.318. The number of rotatable bonds is 7. The summed E-state index contributed by atoms with van der Waals surface area (Å²) in [5.74, 6) is 1.91. The van der Waals surface area contributed by atoms with Crippen LogP contribution >= 0.6 is 0 Å². The molecule has 1 aliphatic rings. The minimum Gasteiger partial charge on any atom is -0.496 e. The van der Waals surface area contributed by atoms with E-state index in [1.165, 1.54) is 0 Å². The van der Waals surface area contributed by atoms with E-state index in [-0.39, 0.29) is 12.6 Å². The number of anilines is 2. The van der Waals surface area contributed by atoms with E-state index >= 15 is 0 Å². The number of ketones is 1. The Morgan fingerprint density at radius 3 is 2.57 bits per heavy atom. The summed E-state index contributed by atoms with van der Waals surface area (Å²) in [5.41, 5.74) is 9.59. The lowest BCUT2D eigenvalue weighted by Gasteiger charge is -2.17. The first-order valence-electron chi connectivity index (χ1n) is 9.24. The Kier molecular flexibility index (Phi) is 5.78. The maximum absolute atomic E-state index is 13.2. The third-order valence-electron chi connectivity index (χ3n) is 4.64. The lowest BCUT2D eigenvalue weighted by Crippen LogP contribution is -2.13. The largest absolute Gasteiger partial charge is 0.496 e. The summed E-state index contributed by atoms with van der Waals surface area (Å²) in [4.78, 5) is 15.1. The molecule has 6 nitrogen and oxygen atoms in total. The number of methoxy groups -OCH3 is 1. The second-order valence-corrected chi connectivity index (χ2v) is 6.86. The zero-order chi connectivity index (χ0) is 20.3. The number of hydrogen-bond acceptors (Lipinski definition) is 6. The van der Waals surface area contributed by atoms with Gasteiger partial charge in [0.05, 0.1) is 18.5 Å². The Morgan fingerprint density at radius 1 is 1.21 bits per heavy atom. The summed E-state index contributed by atoms with van der Waals surface area (Å²) < 4.78 is 16.4. The van der Waals surface area contributed by atoms with Crippen LogP contribution in [0.25, 0.3) is 6.08 Å². The van der Waals surface area contributed by atoms with Crippen LogP contribution in [0.1, 0.15) is 35.7 Å². The SMILES string of the molecule is CCCC(=Cc1cc2c(cc1OC)OCO2)C(=O)c1ccc(N)c(N(C)C)c1. The van der Waals surface area contributed by atoms with Gasteiger partial charge in [-0.05, 0) is 36.8 Å². The van der Waals surface area contributed by atoms with Gasteiger partial charge in [-0.3, -0.25) is 4.79 Å². The molecule has 0 spiro atoms. The van der Waals surface area contributed by atoms with Crippen LogP contribution in [0.15, 0.2) is 35.9 Å². The van der Waals surface area contributed by atoms with Crippen molar-refractivity contribution in [2.45, 2.75) is 19.8 Å². The molecule has 3 rings (SSSR count). The highest BCUT2D eigenvalue weighted by atomic mass is 16.7. The van der Waals surface area contributed by atoms with Crippen molar-refractivity contribution in [1.29, 1.82) is 0 Å². The van der Waals surface area contributed by atoms with Crippen LogP contribution in [0.2, 0.25) is 0 Å². The monoisotopic (exact) mass is 382 g/mol. The normalized spacial score (nSPS) is 12.8. The van der Waals surface area contributed by atoms with Crippen LogP contribution in [0.5, 0.6) is 17.2 Å². The lowest BCUT2D eigenvalue weighted by molar-refractivity contribution is 0.103. The van der Waals surface area contributed by atoms with Crippen LogP contribution in [-0.2, 0) is 0 Å². The molecule has 6 heteroatoms. The third kappa shape index (κ3) is 3.91. The Morgan fingerprint density at radius 2 is 1.93 bits per heavy atom. The highest BCUT2D eigenvalue weighted by Crippen LogP contribution is 2.39. The van der Waals surface area contributed by atoms with Gasteiger partial charge >= 0.3 is 0 Å². The van der Waals surface area contributed by atoms with E-state index in [4.69, 9.17) is 19.9 Å². The zero-order valence-corrected chi connectivity index (χ0v) is 16.7. The molecule has 0 fully saturated rings. The van der Waals surface area contributed by atoms with Gasteiger partial charge in [0.1, 0.15) is 5.75 Å². The van der Waals surface area contributed by atoms with Crippen molar-refractivity contribution in [2.24, 2.45) is 0 Å². The van der Waals surface area contributed by atoms with Gasteiger partial charge < -0.3 is 24.8 Å². The number of hydrogen-bond donors (Lipinski definition) is 1.